The number of halogens is 1. The minimum absolute atomic E-state index is 0.0967. The second-order valence-corrected chi connectivity index (χ2v) is 6.90. The number of hydrogen-bond donors (Lipinski definition) is 0. The van der Waals surface area contributed by atoms with Crippen molar-refractivity contribution in [3.05, 3.63) is 35.6 Å². The van der Waals surface area contributed by atoms with Crippen LogP contribution in [0.1, 0.15) is 25.8 Å². The van der Waals surface area contributed by atoms with Gasteiger partial charge in [-0.05, 0) is 38.0 Å². The van der Waals surface area contributed by atoms with E-state index in [0.717, 1.165) is 38.2 Å². The molecule has 0 unspecified atom stereocenters. The van der Waals surface area contributed by atoms with Gasteiger partial charge in [-0.15, -0.1) is 0 Å². The van der Waals surface area contributed by atoms with Crippen molar-refractivity contribution in [3.63, 3.8) is 0 Å². The molecule has 2 saturated heterocycles. The highest BCUT2D eigenvalue weighted by atomic mass is 19.1. The van der Waals surface area contributed by atoms with E-state index in [1.807, 2.05) is 17.0 Å². The van der Waals surface area contributed by atoms with Crippen molar-refractivity contribution in [1.29, 1.82) is 0 Å². The molecule has 1 amide bonds. The first-order chi connectivity index (χ1) is 11.0. The number of piperidine rings is 1. The summed E-state index contributed by atoms with van der Waals surface area (Å²) in [6.45, 7) is 7.76. The minimum atomic E-state index is -0.198. The van der Waals surface area contributed by atoms with Gasteiger partial charge in [-0.3, -0.25) is 9.69 Å². The number of carbonyl (C=O) groups is 1. The van der Waals surface area contributed by atoms with E-state index in [-0.39, 0.29) is 30.5 Å². The zero-order chi connectivity index (χ0) is 16.4. The van der Waals surface area contributed by atoms with Gasteiger partial charge in [0.15, 0.2) is 0 Å². The molecule has 2 fully saturated rings. The van der Waals surface area contributed by atoms with Gasteiger partial charge in [-0.2, -0.15) is 0 Å². The van der Waals surface area contributed by atoms with Crippen LogP contribution in [0.25, 0.3) is 0 Å². The van der Waals surface area contributed by atoms with Crippen molar-refractivity contribution < 1.29 is 13.9 Å². The van der Waals surface area contributed by atoms with Crippen molar-refractivity contribution in [2.75, 3.05) is 26.2 Å². The number of hydrogen-bond acceptors (Lipinski definition) is 3. The van der Waals surface area contributed by atoms with Gasteiger partial charge in [-0.1, -0.05) is 12.1 Å². The number of ether oxygens (including phenoxy) is 1. The second-order valence-electron chi connectivity index (χ2n) is 6.90. The Kier molecular flexibility index (Phi) is 4.97. The molecule has 0 aromatic heterocycles. The fourth-order valence-corrected chi connectivity index (χ4v) is 3.59. The van der Waals surface area contributed by atoms with Crippen molar-refractivity contribution in [1.82, 2.24) is 9.80 Å². The third-order valence-corrected chi connectivity index (χ3v) is 4.86. The molecule has 5 heteroatoms. The van der Waals surface area contributed by atoms with Crippen LogP contribution in [-0.4, -0.2) is 54.1 Å². The van der Waals surface area contributed by atoms with Gasteiger partial charge in [0.1, 0.15) is 12.4 Å². The van der Waals surface area contributed by atoms with Gasteiger partial charge in [-0.25, -0.2) is 4.39 Å². The Morgan fingerprint density at radius 3 is 2.70 bits per heavy atom. The molecular formula is C18H25FN2O2. The van der Waals surface area contributed by atoms with E-state index < -0.39 is 0 Å². The van der Waals surface area contributed by atoms with Gasteiger partial charge in [0, 0.05) is 38.1 Å². The average Bonchev–Trinajstić information content (AvgIpc) is 2.69. The number of amides is 1. The lowest BCUT2D eigenvalue weighted by molar-refractivity contribution is -0.136. The first kappa shape index (κ1) is 16.4. The summed E-state index contributed by atoms with van der Waals surface area (Å²) in [5.74, 6) is 0.244. The Labute approximate surface area is 137 Å². The summed E-state index contributed by atoms with van der Waals surface area (Å²) in [5, 5.41) is 0. The SMILES string of the molecule is CC(C)N1C[C@H]2CN(Cc3ccc(F)cc3)CC[C@@H]2OCC1=O. The summed E-state index contributed by atoms with van der Waals surface area (Å²) < 4.78 is 18.9. The largest absolute Gasteiger partial charge is 0.368 e. The first-order valence-corrected chi connectivity index (χ1v) is 8.41. The molecule has 126 valence electrons. The molecule has 3 rings (SSSR count). The zero-order valence-electron chi connectivity index (χ0n) is 13.9. The average molecular weight is 320 g/mol. The van der Waals surface area contributed by atoms with Crippen LogP contribution in [-0.2, 0) is 16.1 Å². The summed E-state index contributed by atoms with van der Waals surface area (Å²) in [6.07, 6.45) is 1.12. The van der Waals surface area contributed by atoms with E-state index >= 15 is 0 Å². The third kappa shape index (κ3) is 3.90. The highest BCUT2D eigenvalue weighted by Crippen LogP contribution is 2.26. The molecule has 2 aliphatic heterocycles. The normalized spacial score (nSPS) is 26.3. The van der Waals surface area contributed by atoms with E-state index in [2.05, 4.69) is 18.7 Å². The Morgan fingerprint density at radius 2 is 2.00 bits per heavy atom. The molecule has 0 spiro atoms. The van der Waals surface area contributed by atoms with Crippen molar-refractivity contribution in [2.24, 2.45) is 5.92 Å². The van der Waals surface area contributed by atoms with Crippen LogP contribution in [0.2, 0.25) is 0 Å². The first-order valence-electron chi connectivity index (χ1n) is 8.41. The molecule has 1 aromatic rings. The Bertz CT molecular complexity index is 546. The Hall–Kier alpha value is -1.46. The molecular weight excluding hydrogens is 295 g/mol. The fraction of sp³-hybridized carbons (Fsp3) is 0.611. The maximum atomic E-state index is 13.0. The topological polar surface area (TPSA) is 32.8 Å². The molecule has 2 heterocycles. The lowest BCUT2D eigenvalue weighted by Crippen LogP contribution is -2.48. The maximum absolute atomic E-state index is 13.0. The minimum Gasteiger partial charge on any atom is -0.368 e. The number of benzene rings is 1. The summed E-state index contributed by atoms with van der Waals surface area (Å²) in [7, 11) is 0. The van der Waals surface area contributed by atoms with E-state index in [1.54, 1.807) is 0 Å². The van der Waals surface area contributed by atoms with E-state index in [0.29, 0.717) is 5.92 Å². The lowest BCUT2D eigenvalue weighted by atomic mass is 9.93. The van der Waals surface area contributed by atoms with Crippen LogP contribution in [0.4, 0.5) is 4.39 Å². The highest BCUT2D eigenvalue weighted by Gasteiger charge is 2.36. The van der Waals surface area contributed by atoms with Crippen LogP contribution < -0.4 is 0 Å². The molecule has 0 saturated carbocycles. The number of carbonyl (C=O) groups excluding carboxylic acids is 1. The predicted octanol–water partition coefficient (Wildman–Crippen LogP) is 2.28. The molecule has 4 nitrogen and oxygen atoms in total. The van der Waals surface area contributed by atoms with Gasteiger partial charge in [0.25, 0.3) is 0 Å². The number of fused-ring (bicyclic) bond motifs is 1. The molecule has 2 aliphatic rings. The highest BCUT2D eigenvalue weighted by molar-refractivity contribution is 5.78. The summed E-state index contributed by atoms with van der Waals surface area (Å²) in [6, 6.07) is 6.91. The number of nitrogens with zero attached hydrogens (tertiary/aromatic N) is 2. The quantitative estimate of drug-likeness (QED) is 0.856. The van der Waals surface area contributed by atoms with E-state index in [9.17, 15) is 9.18 Å². The number of likely N-dealkylation sites (tertiary alicyclic amines) is 1. The predicted molar refractivity (Wildman–Crippen MR) is 86.4 cm³/mol. The second kappa shape index (κ2) is 6.97. The van der Waals surface area contributed by atoms with Gasteiger partial charge in [0.2, 0.25) is 5.91 Å². The van der Waals surface area contributed by atoms with Gasteiger partial charge in [0.05, 0.1) is 6.10 Å². The standard InChI is InChI=1S/C18H25FN2O2/c1-13(2)21-11-15-10-20(8-7-17(15)23-12-18(21)22)9-14-3-5-16(19)6-4-14/h3-6,13,15,17H,7-12H2,1-2H3/t15-,17+/m1/s1. The van der Waals surface area contributed by atoms with Crippen molar-refractivity contribution >= 4 is 5.91 Å². The summed E-state index contributed by atoms with van der Waals surface area (Å²) in [5.41, 5.74) is 1.12. The molecule has 0 radical (unpaired) electrons. The third-order valence-electron chi connectivity index (χ3n) is 4.86. The molecule has 2 atom stereocenters. The summed E-state index contributed by atoms with van der Waals surface area (Å²) in [4.78, 5) is 16.5. The smallest absolute Gasteiger partial charge is 0.248 e. The van der Waals surface area contributed by atoms with E-state index in [1.165, 1.54) is 12.1 Å². The van der Waals surface area contributed by atoms with Crippen molar-refractivity contribution in [2.45, 2.75) is 39.0 Å². The molecule has 0 N–H and O–H groups in total. The number of rotatable bonds is 3. The molecule has 1 aromatic carbocycles. The Morgan fingerprint density at radius 1 is 1.26 bits per heavy atom. The zero-order valence-corrected chi connectivity index (χ0v) is 13.9. The fourth-order valence-electron chi connectivity index (χ4n) is 3.59. The van der Waals surface area contributed by atoms with Crippen molar-refractivity contribution in [3.8, 4) is 0 Å². The van der Waals surface area contributed by atoms with Crippen LogP contribution in [0, 0.1) is 11.7 Å². The van der Waals surface area contributed by atoms with Crippen LogP contribution in [0.5, 0.6) is 0 Å². The molecule has 0 aliphatic carbocycles. The van der Waals surface area contributed by atoms with Gasteiger partial charge < -0.3 is 9.64 Å². The van der Waals surface area contributed by atoms with Crippen LogP contribution in [0.15, 0.2) is 24.3 Å². The summed E-state index contributed by atoms with van der Waals surface area (Å²) >= 11 is 0. The molecule has 23 heavy (non-hydrogen) atoms. The molecule has 0 bridgehead atoms. The Balaban J connectivity index is 1.65. The van der Waals surface area contributed by atoms with Crippen LogP contribution in [0.3, 0.4) is 0 Å². The maximum Gasteiger partial charge on any atom is 0.248 e. The van der Waals surface area contributed by atoms with Crippen LogP contribution >= 0.6 is 0 Å². The lowest BCUT2D eigenvalue weighted by Gasteiger charge is -2.38. The van der Waals surface area contributed by atoms with E-state index in [4.69, 9.17) is 4.74 Å². The van der Waals surface area contributed by atoms with Gasteiger partial charge >= 0.3 is 0 Å². The monoisotopic (exact) mass is 320 g/mol.